The van der Waals surface area contributed by atoms with Crippen molar-refractivity contribution in [1.82, 2.24) is 4.90 Å². The minimum absolute atomic E-state index is 0.165. The van der Waals surface area contributed by atoms with E-state index in [1.54, 1.807) is 6.07 Å². The van der Waals surface area contributed by atoms with Gasteiger partial charge in [0.1, 0.15) is 5.82 Å². The first-order valence-electron chi connectivity index (χ1n) is 6.47. The highest BCUT2D eigenvalue weighted by atomic mass is 35.5. The monoisotopic (exact) mass is 292 g/mol. The Labute approximate surface area is 124 Å². The Kier molecular flexibility index (Phi) is 4.63. The van der Waals surface area contributed by atoms with Gasteiger partial charge in [0.05, 0.1) is 5.02 Å². The van der Waals surface area contributed by atoms with E-state index < -0.39 is 0 Å². The second-order valence-electron chi connectivity index (χ2n) is 4.97. The molecule has 0 fully saturated rings. The van der Waals surface area contributed by atoms with Gasteiger partial charge in [-0.1, -0.05) is 35.9 Å². The molecule has 0 aliphatic heterocycles. The van der Waals surface area contributed by atoms with Crippen molar-refractivity contribution in [3.63, 3.8) is 0 Å². The van der Waals surface area contributed by atoms with Gasteiger partial charge in [-0.3, -0.25) is 4.90 Å². The van der Waals surface area contributed by atoms with E-state index in [1.165, 1.54) is 6.07 Å². The van der Waals surface area contributed by atoms with Crippen LogP contribution in [0.15, 0.2) is 42.5 Å². The Morgan fingerprint density at radius 1 is 1.25 bits per heavy atom. The molecule has 0 aliphatic carbocycles. The fourth-order valence-corrected chi connectivity index (χ4v) is 2.34. The number of hydrogen-bond acceptors (Lipinski definition) is 2. The molecule has 0 amide bonds. The summed E-state index contributed by atoms with van der Waals surface area (Å²) in [6, 6.07) is 12.8. The molecule has 2 N–H and O–H groups in total. The third-order valence-electron chi connectivity index (χ3n) is 3.51. The van der Waals surface area contributed by atoms with Crippen LogP contribution in [0.4, 0.5) is 10.1 Å². The predicted molar refractivity (Wildman–Crippen MR) is 82.1 cm³/mol. The van der Waals surface area contributed by atoms with E-state index in [4.69, 9.17) is 17.3 Å². The van der Waals surface area contributed by atoms with Crippen molar-refractivity contribution < 1.29 is 4.39 Å². The standard InChI is InChI=1S/C16H18ClFN2/c1-11(12-5-3-7-14(19)9-12)20(2)10-13-6-4-8-15(18)16(13)17/h3-9,11H,10,19H2,1-2H3. The maximum absolute atomic E-state index is 13.4. The molecular formula is C16H18ClFN2. The molecule has 2 rings (SSSR count). The van der Waals surface area contributed by atoms with E-state index in [0.717, 1.165) is 16.8 Å². The lowest BCUT2D eigenvalue weighted by Crippen LogP contribution is -2.22. The van der Waals surface area contributed by atoms with Crippen molar-refractivity contribution in [2.24, 2.45) is 0 Å². The first-order valence-corrected chi connectivity index (χ1v) is 6.85. The van der Waals surface area contributed by atoms with E-state index in [9.17, 15) is 4.39 Å². The van der Waals surface area contributed by atoms with Crippen LogP contribution in [-0.4, -0.2) is 11.9 Å². The molecule has 0 bridgehead atoms. The Morgan fingerprint density at radius 3 is 2.65 bits per heavy atom. The summed E-state index contributed by atoms with van der Waals surface area (Å²) in [5, 5.41) is 0.194. The van der Waals surface area contributed by atoms with Crippen molar-refractivity contribution in [1.29, 1.82) is 0 Å². The molecule has 106 valence electrons. The van der Waals surface area contributed by atoms with Crippen molar-refractivity contribution in [3.8, 4) is 0 Å². The van der Waals surface area contributed by atoms with Crippen LogP contribution in [0.5, 0.6) is 0 Å². The van der Waals surface area contributed by atoms with E-state index in [0.29, 0.717) is 6.54 Å². The van der Waals surface area contributed by atoms with Crippen LogP contribution in [0.3, 0.4) is 0 Å². The van der Waals surface area contributed by atoms with Crippen molar-refractivity contribution in [3.05, 3.63) is 64.4 Å². The molecule has 2 nitrogen and oxygen atoms in total. The highest BCUT2D eigenvalue weighted by Gasteiger charge is 2.14. The molecule has 2 aromatic rings. The van der Waals surface area contributed by atoms with Crippen LogP contribution in [-0.2, 0) is 6.54 Å². The summed E-state index contributed by atoms with van der Waals surface area (Å²) in [6.45, 7) is 2.66. The van der Waals surface area contributed by atoms with Gasteiger partial charge in [0, 0.05) is 18.3 Å². The van der Waals surface area contributed by atoms with Crippen LogP contribution in [0.2, 0.25) is 5.02 Å². The Hall–Kier alpha value is -1.58. The minimum atomic E-state index is -0.380. The normalized spacial score (nSPS) is 12.7. The first-order chi connectivity index (χ1) is 9.49. The number of benzene rings is 2. The average molecular weight is 293 g/mol. The number of nitrogen functional groups attached to an aromatic ring is 1. The number of rotatable bonds is 4. The highest BCUT2D eigenvalue weighted by molar-refractivity contribution is 6.31. The lowest BCUT2D eigenvalue weighted by atomic mass is 10.1. The van der Waals surface area contributed by atoms with Crippen molar-refractivity contribution in [2.75, 3.05) is 12.8 Å². The van der Waals surface area contributed by atoms with Crippen molar-refractivity contribution in [2.45, 2.75) is 19.5 Å². The van der Waals surface area contributed by atoms with Crippen molar-refractivity contribution >= 4 is 17.3 Å². The third kappa shape index (κ3) is 3.30. The van der Waals surface area contributed by atoms with E-state index >= 15 is 0 Å². The van der Waals surface area contributed by atoms with Gasteiger partial charge in [-0.25, -0.2) is 4.39 Å². The Morgan fingerprint density at radius 2 is 1.95 bits per heavy atom. The van der Waals surface area contributed by atoms with Gasteiger partial charge in [-0.15, -0.1) is 0 Å². The molecule has 4 heteroatoms. The maximum atomic E-state index is 13.4. The van der Waals surface area contributed by atoms with E-state index in [1.807, 2.05) is 37.4 Å². The molecule has 1 unspecified atom stereocenters. The summed E-state index contributed by atoms with van der Waals surface area (Å²) in [4.78, 5) is 2.11. The summed E-state index contributed by atoms with van der Waals surface area (Å²) >= 11 is 5.99. The van der Waals surface area contributed by atoms with E-state index in [-0.39, 0.29) is 16.9 Å². The molecule has 0 aromatic heterocycles. The van der Waals surface area contributed by atoms with Gasteiger partial charge in [-0.05, 0) is 43.3 Å². The summed E-state index contributed by atoms with van der Waals surface area (Å²) in [5.74, 6) is -0.380. The number of halogens is 2. The Balaban J connectivity index is 2.15. The topological polar surface area (TPSA) is 29.3 Å². The number of hydrogen-bond donors (Lipinski definition) is 1. The van der Waals surface area contributed by atoms with E-state index in [2.05, 4.69) is 11.8 Å². The lowest BCUT2D eigenvalue weighted by Gasteiger charge is -2.25. The Bertz CT molecular complexity index is 601. The van der Waals surface area contributed by atoms with Crippen LogP contribution in [0.25, 0.3) is 0 Å². The molecule has 0 aliphatic rings. The smallest absolute Gasteiger partial charge is 0.142 e. The number of anilines is 1. The van der Waals surface area contributed by atoms with Gasteiger partial charge in [-0.2, -0.15) is 0 Å². The molecular weight excluding hydrogens is 275 g/mol. The second kappa shape index (κ2) is 6.25. The number of nitrogens with two attached hydrogens (primary N) is 1. The molecule has 2 aromatic carbocycles. The van der Waals surface area contributed by atoms with Gasteiger partial charge in [0.25, 0.3) is 0 Å². The number of nitrogens with zero attached hydrogens (tertiary/aromatic N) is 1. The fourth-order valence-electron chi connectivity index (χ4n) is 2.15. The fraction of sp³-hybridized carbons (Fsp3) is 0.250. The minimum Gasteiger partial charge on any atom is -0.399 e. The summed E-state index contributed by atoms with van der Waals surface area (Å²) in [5.41, 5.74) is 8.45. The molecule has 1 atom stereocenters. The van der Waals surface area contributed by atoms with Gasteiger partial charge in [0.2, 0.25) is 0 Å². The average Bonchev–Trinajstić information content (AvgIpc) is 2.43. The zero-order valence-electron chi connectivity index (χ0n) is 11.6. The van der Waals surface area contributed by atoms with Gasteiger partial charge < -0.3 is 5.73 Å². The highest BCUT2D eigenvalue weighted by Crippen LogP contribution is 2.26. The summed E-state index contributed by atoms with van der Waals surface area (Å²) in [6.07, 6.45) is 0. The summed E-state index contributed by atoms with van der Waals surface area (Å²) in [7, 11) is 1.98. The van der Waals surface area contributed by atoms with Crippen LogP contribution >= 0.6 is 11.6 Å². The molecule has 0 saturated heterocycles. The predicted octanol–water partition coefficient (Wildman–Crippen LogP) is 4.25. The zero-order chi connectivity index (χ0) is 14.7. The molecule has 0 heterocycles. The zero-order valence-corrected chi connectivity index (χ0v) is 12.4. The summed E-state index contributed by atoms with van der Waals surface area (Å²) < 4.78 is 13.4. The molecule has 0 radical (unpaired) electrons. The maximum Gasteiger partial charge on any atom is 0.142 e. The third-order valence-corrected chi connectivity index (χ3v) is 3.93. The molecule has 0 spiro atoms. The lowest BCUT2D eigenvalue weighted by molar-refractivity contribution is 0.253. The second-order valence-corrected chi connectivity index (χ2v) is 5.35. The molecule has 20 heavy (non-hydrogen) atoms. The van der Waals surface area contributed by atoms with Crippen LogP contribution in [0.1, 0.15) is 24.1 Å². The SMILES string of the molecule is CC(c1cccc(N)c1)N(C)Cc1cccc(F)c1Cl. The quantitative estimate of drug-likeness (QED) is 0.854. The first kappa shape index (κ1) is 14.8. The van der Waals surface area contributed by atoms with Crippen LogP contribution < -0.4 is 5.73 Å². The van der Waals surface area contributed by atoms with Gasteiger partial charge in [0.15, 0.2) is 0 Å². The largest absolute Gasteiger partial charge is 0.399 e. The van der Waals surface area contributed by atoms with Gasteiger partial charge >= 0.3 is 0 Å². The van der Waals surface area contributed by atoms with Crippen LogP contribution in [0, 0.1) is 5.82 Å². The molecule has 0 saturated carbocycles.